The molecule has 0 radical (unpaired) electrons. The highest BCUT2D eigenvalue weighted by atomic mass is 32.1. The SMILES string of the molecule is OC1CC(CCn2ccnc2-c2nc(-c3ccc(F)cc3)cs2)C1. The lowest BCUT2D eigenvalue weighted by Crippen LogP contribution is -2.29. The lowest BCUT2D eigenvalue weighted by atomic mass is 9.80. The van der Waals surface area contributed by atoms with E-state index in [2.05, 4.69) is 14.5 Å². The van der Waals surface area contributed by atoms with Crippen LogP contribution in [0.2, 0.25) is 0 Å². The van der Waals surface area contributed by atoms with Crippen LogP contribution in [0.15, 0.2) is 42.0 Å². The fourth-order valence-electron chi connectivity index (χ4n) is 3.08. The maximum absolute atomic E-state index is 13.0. The molecule has 0 atom stereocenters. The fraction of sp³-hybridized carbons (Fsp3) is 0.333. The lowest BCUT2D eigenvalue weighted by molar-refractivity contribution is 0.0373. The number of aliphatic hydroxyl groups excluding tert-OH is 1. The van der Waals surface area contributed by atoms with Gasteiger partial charge < -0.3 is 9.67 Å². The maximum atomic E-state index is 13.0. The maximum Gasteiger partial charge on any atom is 0.169 e. The van der Waals surface area contributed by atoms with Crippen LogP contribution in [0.25, 0.3) is 22.1 Å². The van der Waals surface area contributed by atoms with Gasteiger partial charge in [0.05, 0.1) is 11.8 Å². The minimum absolute atomic E-state index is 0.102. The predicted molar refractivity (Wildman–Crippen MR) is 92.1 cm³/mol. The Balaban J connectivity index is 1.50. The summed E-state index contributed by atoms with van der Waals surface area (Å²) >= 11 is 1.55. The van der Waals surface area contributed by atoms with Gasteiger partial charge in [-0.05, 0) is 49.4 Å². The molecule has 1 aromatic carbocycles. The number of nitrogens with zero attached hydrogens (tertiary/aromatic N) is 3. The molecule has 0 unspecified atom stereocenters. The Morgan fingerprint density at radius 3 is 2.79 bits per heavy atom. The van der Waals surface area contributed by atoms with Crippen LogP contribution in [-0.4, -0.2) is 25.7 Å². The normalized spacial score (nSPS) is 20.1. The van der Waals surface area contributed by atoms with Gasteiger partial charge in [-0.1, -0.05) is 0 Å². The van der Waals surface area contributed by atoms with Crippen LogP contribution in [0, 0.1) is 11.7 Å². The number of thiazole rings is 1. The molecule has 1 aliphatic rings. The fourth-order valence-corrected chi connectivity index (χ4v) is 3.91. The van der Waals surface area contributed by atoms with E-state index in [1.165, 1.54) is 12.1 Å². The van der Waals surface area contributed by atoms with Crippen molar-refractivity contribution in [1.29, 1.82) is 0 Å². The lowest BCUT2D eigenvalue weighted by Gasteiger charge is -2.31. The number of halogens is 1. The van der Waals surface area contributed by atoms with E-state index in [9.17, 15) is 9.50 Å². The summed E-state index contributed by atoms with van der Waals surface area (Å²) in [6.07, 6.45) is 6.55. The summed E-state index contributed by atoms with van der Waals surface area (Å²) < 4.78 is 15.2. The van der Waals surface area contributed by atoms with E-state index in [1.54, 1.807) is 29.7 Å². The van der Waals surface area contributed by atoms with Gasteiger partial charge in [-0.3, -0.25) is 0 Å². The Morgan fingerprint density at radius 2 is 2.04 bits per heavy atom. The second-order valence-electron chi connectivity index (χ2n) is 6.27. The van der Waals surface area contributed by atoms with E-state index in [4.69, 9.17) is 0 Å². The summed E-state index contributed by atoms with van der Waals surface area (Å²) in [6, 6.07) is 6.37. The average Bonchev–Trinajstić information content (AvgIpc) is 3.20. The molecule has 0 bridgehead atoms. The number of aryl methyl sites for hydroxylation is 1. The molecular formula is C18H18FN3OS. The molecule has 2 aromatic heterocycles. The van der Waals surface area contributed by atoms with Crippen LogP contribution in [0.5, 0.6) is 0 Å². The smallest absolute Gasteiger partial charge is 0.169 e. The van der Waals surface area contributed by atoms with Crippen LogP contribution >= 0.6 is 11.3 Å². The number of imidazole rings is 1. The Bertz CT molecular complexity index is 821. The third-order valence-corrected chi connectivity index (χ3v) is 5.38. The van der Waals surface area contributed by atoms with E-state index >= 15 is 0 Å². The molecule has 24 heavy (non-hydrogen) atoms. The third-order valence-electron chi connectivity index (χ3n) is 4.54. The second kappa shape index (κ2) is 6.45. The Morgan fingerprint density at radius 1 is 1.25 bits per heavy atom. The highest BCUT2D eigenvalue weighted by molar-refractivity contribution is 7.13. The van der Waals surface area contributed by atoms with Crippen molar-refractivity contribution in [2.24, 2.45) is 5.92 Å². The van der Waals surface area contributed by atoms with Crippen molar-refractivity contribution in [3.63, 3.8) is 0 Å². The Labute approximate surface area is 143 Å². The van der Waals surface area contributed by atoms with Crippen molar-refractivity contribution in [3.8, 4) is 22.1 Å². The van der Waals surface area contributed by atoms with E-state index in [0.717, 1.165) is 47.9 Å². The number of hydrogen-bond donors (Lipinski definition) is 1. The van der Waals surface area contributed by atoms with Crippen molar-refractivity contribution in [2.45, 2.75) is 31.9 Å². The number of aliphatic hydroxyl groups is 1. The van der Waals surface area contributed by atoms with Gasteiger partial charge in [0, 0.05) is 29.9 Å². The van der Waals surface area contributed by atoms with Crippen LogP contribution in [0.1, 0.15) is 19.3 Å². The van der Waals surface area contributed by atoms with Crippen molar-refractivity contribution in [3.05, 3.63) is 47.9 Å². The Hall–Kier alpha value is -2.05. The zero-order valence-electron chi connectivity index (χ0n) is 13.1. The largest absolute Gasteiger partial charge is 0.393 e. The molecule has 0 aliphatic heterocycles. The second-order valence-corrected chi connectivity index (χ2v) is 7.13. The van der Waals surface area contributed by atoms with Gasteiger partial charge in [0.25, 0.3) is 0 Å². The van der Waals surface area contributed by atoms with Gasteiger partial charge in [-0.25, -0.2) is 14.4 Å². The molecule has 4 rings (SSSR count). The van der Waals surface area contributed by atoms with E-state index in [-0.39, 0.29) is 11.9 Å². The molecule has 1 fully saturated rings. The highest BCUT2D eigenvalue weighted by Gasteiger charge is 2.26. The topological polar surface area (TPSA) is 50.9 Å². The van der Waals surface area contributed by atoms with Gasteiger partial charge in [-0.15, -0.1) is 11.3 Å². The molecule has 2 heterocycles. The molecule has 1 aliphatic carbocycles. The Kier molecular flexibility index (Phi) is 4.16. The molecular weight excluding hydrogens is 325 g/mol. The molecule has 0 saturated heterocycles. The summed E-state index contributed by atoms with van der Waals surface area (Å²) in [6.45, 7) is 0.887. The minimum atomic E-state index is -0.245. The van der Waals surface area contributed by atoms with E-state index in [1.807, 2.05) is 11.6 Å². The van der Waals surface area contributed by atoms with Crippen molar-refractivity contribution < 1.29 is 9.50 Å². The van der Waals surface area contributed by atoms with Gasteiger partial charge in [0.15, 0.2) is 10.8 Å². The minimum Gasteiger partial charge on any atom is -0.393 e. The molecule has 4 nitrogen and oxygen atoms in total. The summed E-state index contributed by atoms with van der Waals surface area (Å²) in [5.74, 6) is 1.24. The first-order valence-corrected chi connectivity index (χ1v) is 8.98. The predicted octanol–water partition coefficient (Wildman–Crippen LogP) is 3.97. The molecule has 1 saturated carbocycles. The van der Waals surface area contributed by atoms with Crippen molar-refractivity contribution in [1.82, 2.24) is 14.5 Å². The molecule has 0 spiro atoms. The van der Waals surface area contributed by atoms with Gasteiger partial charge >= 0.3 is 0 Å². The summed E-state index contributed by atoms with van der Waals surface area (Å²) in [5.41, 5.74) is 1.74. The number of benzene rings is 1. The number of hydrogen-bond acceptors (Lipinski definition) is 4. The summed E-state index contributed by atoms with van der Waals surface area (Å²) in [4.78, 5) is 9.11. The first-order chi connectivity index (χ1) is 11.7. The first-order valence-electron chi connectivity index (χ1n) is 8.10. The quantitative estimate of drug-likeness (QED) is 0.762. The molecule has 3 aromatic rings. The van der Waals surface area contributed by atoms with Crippen molar-refractivity contribution >= 4 is 11.3 Å². The third kappa shape index (κ3) is 3.12. The van der Waals surface area contributed by atoms with Crippen LogP contribution < -0.4 is 0 Å². The van der Waals surface area contributed by atoms with E-state index in [0.29, 0.717) is 5.92 Å². The van der Waals surface area contributed by atoms with Gasteiger partial charge in [0.1, 0.15) is 5.82 Å². The van der Waals surface area contributed by atoms with E-state index < -0.39 is 0 Å². The monoisotopic (exact) mass is 343 g/mol. The standard InChI is InChI=1S/C18H18FN3OS/c19-14-3-1-13(2-4-14)16-11-24-18(21-16)17-20-6-8-22(17)7-5-12-9-15(23)10-12/h1-4,6,8,11-12,15,23H,5,7,9-10H2. The van der Waals surface area contributed by atoms with Crippen molar-refractivity contribution in [2.75, 3.05) is 0 Å². The summed E-state index contributed by atoms with van der Waals surface area (Å²) in [7, 11) is 0. The highest BCUT2D eigenvalue weighted by Crippen LogP contribution is 2.32. The molecule has 6 heteroatoms. The number of rotatable bonds is 5. The number of aromatic nitrogens is 3. The summed E-state index contributed by atoms with van der Waals surface area (Å²) in [5, 5.41) is 12.2. The zero-order valence-corrected chi connectivity index (χ0v) is 13.9. The van der Waals surface area contributed by atoms with Crippen LogP contribution in [0.3, 0.4) is 0 Å². The molecule has 1 N–H and O–H groups in total. The molecule has 124 valence electrons. The van der Waals surface area contributed by atoms with Crippen LogP contribution in [-0.2, 0) is 6.54 Å². The molecule has 0 amide bonds. The van der Waals surface area contributed by atoms with Crippen LogP contribution in [0.4, 0.5) is 4.39 Å². The average molecular weight is 343 g/mol. The van der Waals surface area contributed by atoms with Gasteiger partial charge in [0.2, 0.25) is 0 Å². The van der Waals surface area contributed by atoms with Gasteiger partial charge in [-0.2, -0.15) is 0 Å². The zero-order chi connectivity index (χ0) is 16.5. The first kappa shape index (κ1) is 15.5.